The van der Waals surface area contributed by atoms with Crippen molar-refractivity contribution in [2.45, 2.75) is 37.8 Å². The minimum absolute atomic E-state index is 0.127. The van der Waals surface area contributed by atoms with E-state index < -0.39 is 21.5 Å². The average Bonchev–Trinajstić information content (AvgIpc) is 2.58. The first-order valence-electron chi connectivity index (χ1n) is 8.30. The molecule has 0 radical (unpaired) electrons. The molecule has 0 spiro atoms. The van der Waals surface area contributed by atoms with Gasteiger partial charge >= 0.3 is 5.97 Å². The number of hydrogen-bond donors (Lipinski definition) is 3. The molecule has 0 aliphatic rings. The lowest BCUT2D eigenvalue weighted by Crippen LogP contribution is -2.40. The van der Waals surface area contributed by atoms with Gasteiger partial charge in [-0.25, -0.2) is 17.9 Å². The monoisotopic (exact) mass is 392 g/mol. The van der Waals surface area contributed by atoms with Crippen LogP contribution in [0.15, 0.2) is 47.4 Å². The largest absolute Gasteiger partial charge is 0.495 e. The van der Waals surface area contributed by atoms with Crippen LogP contribution in [0.5, 0.6) is 5.75 Å². The van der Waals surface area contributed by atoms with Crippen molar-refractivity contribution in [2.24, 2.45) is 0 Å². The third-order valence-electron chi connectivity index (χ3n) is 3.61. The molecule has 146 valence electrons. The Morgan fingerprint density at radius 2 is 1.74 bits per heavy atom. The lowest BCUT2D eigenvalue weighted by atomic mass is 10.1. The van der Waals surface area contributed by atoms with Crippen molar-refractivity contribution in [3.63, 3.8) is 0 Å². The molecule has 3 N–H and O–H groups in total. The SMILES string of the molecule is COc1ccc(S(=O)(=O)NC(C)(C)C)cc1NCc1ccc(C(=O)O)cc1. The van der Waals surface area contributed by atoms with E-state index in [1.165, 1.54) is 31.4 Å². The smallest absolute Gasteiger partial charge is 0.335 e. The fourth-order valence-corrected chi connectivity index (χ4v) is 3.86. The Hall–Kier alpha value is -2.58. The summed E-state index contributed by atoms with van der Waals surface area (Å²) < 4.78 is 33.0. The molecule has 0 heterocycles. The summed E-state index contributed by atoms with van der Waals surface area (Å²) in [6.07, 6.45) is 0. The number of rotatable bonds is 7. The second-order valence-electron chi connectivity index (χ2n) is 7.07. The van der Waals surface area contributed by atoms with Crippen LogP contribution in [0, 0.1) is 0 Å². The van der Waals surface area contributed by atoms with Crippen molar-refractivity contribution in [3.05, 3.63) is 53.6 Å². The first-order chi connectivity index (χ1) is 12.5. The highest BCUT2D eigenvalue weighted by Gasteiger charge is 2.23. The van der Waals surface area contributed by atoms with Crippen molar-refractivity contribution >= 4 is 21.7 Å². The molecule has 0 fully saturated rings. The molecule has 7 nitrogen and oxygen atoms in total. The first kappa shape index (κ1) is 20.7. The first-order valence-corrected chi connectivity index (χ1v) is 9.78. The standard InChI is InChI=1S/C19H24N2O5S/c1-19(2,3)21-27(24,25)15-9-10-17(26-4)16(11-15)20-12-13-5-7-14(8-6-13)18(22)23/h5-11,20-21H,12H2,1-4H3,(H,22,23). The molecule has 0 atom stereocenters. The predicted molar refractivity (Wildman–Crippen MR) is 104 cm³/mol. The van der Waals surface area contributed by atoms with Gasteiger partial charge in [0.2, 0.25) is 10.0 Å². The summed E-state index contributed by atoms with van der Waals surface area (Å²) in [5.41, 5.74) is 0.982. The van der Waals surface area contributed by atoms with Gasteiger partial charge in [-0.2, -0.15) is 0 Å². The van der Waals surface area contributed by atoms with Gasteiger partial charge in [-0.05, 0) is 56.7 Å². The fraction of sp³-hybridized carbons (Fsp3) is 0.316. The quantitative estimate of drug-likeness (QED) is 0.669. The van der Waals surface area contributed by atoms with Crippen LogP contribution in [0.1, 0.15) is 36.7 Å². The number of carbonyl (C=O) groups is 1. The number of methoxy groups -OCH3 is 1. The van der Waals surface area contributed by atoms with Gasteiger partial charge in [-0.15, -0.1) is 0 Å². The maximum Gasteiger partial charge on any atom is 0.335 e. The molecule has 0 amide bonds. The van der Waals surface area contributed by atoms with Crippen LogP contribution in [0.2, 0.25) is 0 Å². The topological polar surface area (TPSA) is 105 Å². The molecule has 2 rings (SSSR count). The highest BCUT2D eigenvalue weighted by molar-refractivity contribution is 7.89. The van der Waals surface area contributed by atoms with Crippen LogP contribution in [0.4, 0.5) is 5.69 Å². The van der Waals surface area contributed by atoms with Crippen LogP contribution in [-0.4, -0.2) is 32.1 Å². The number of carboxylic acid groups (broad SMARTS) is 1. The molecule has 0 aromatic heterocycles. The highest BCUT2D eigenvalue weighted by Crippen LogP contribution is 2.28. The molecule has 0 aliphatic heterocycles. The maximum absolute atomic E-state index is 12.5. The molecule has 0 saturated carbocycles. The number of ether oxygens (including phenoxy) is 1. The zero-order valence-corrected chi connectivity index (χ0v) is 16.6. The van der Waals surface area contributed by atoms with E-state index in [0.717, 1.165) is 5.56 Å². The van der Waals surface area contributed by atoms with Crippen LogP contribution in [0.25, 0.3) is 0 Å². The second kappa shape index (κ2) is 7.98. The van der Waals surface area contributed by atoms with E-state index in [4.69, 9.17) is 9.84 Å². The van der Waals surface area contributed by atoms with E-state index in [-0.39, 0.29) is 10.5 Å². The molecular weight excluding hydrogens is 368 g/mol. The number of hydrogen-bond acceptors (Lipinski definition) is 5. The van der Waals surface area contributed by atoms with Crippen molar-refractivity contribution in [3.8, 4) is 5.75 Å². The van der Waals surface area contributed by atoms with Gasteiger partial charge in [-0.3, -0.25) is 0 Å². The minimum atomic E-state index is -3.67. The molecular formula is C19H24N2O5S. The van der Waals surface area contributed by atoms with Gasteiger partial charge in [0, 0.05) is 12.1 Å². The summed E-state index contributed by atoms with van der Waals surface area (Å²) in [6.45, 7) is 5.70. The summed E-state index contributed by atoms with van der Waals surface area (Å²) >= 11 is 0. The number of carboxylic acids is 1. The Labute approximate surface area is 159 Å². The van der Waals surface area contributed by atoms with Gasteiger partial charge in [0.15, 0.2) is 0 Å². The number of anilines is 1. The lowest BCUT2D eigenvalue weighted by Gasteiger charge is -2.21. The summed E-state index contributed by atoms with van der Waals surface area (Å²) in [5, 5.41) is 12.1. The Bertz CT molecular complexity index is 916. The lowest BCUT2D eigenvalue weighted by molar-refractivity contribution is 0.0697. The normalized spacial score (nSPS) is 11.9. The summed E-state index contributed by atoms with van der Waals surface area (Å²) in [6, 6.07) is 11.0. The van der Waals surface area contributed by atoms with Crippen molar-refractivity contribution in [1.82, 2.24) is 4.72 Å². The van der Waals surface area contributed by atoms with E-state index in [1.54, 1.807) is 39.0 Å². The van der Waals surface area contributed by atoms with E-state index in [9.17, 15) is 13.2 Å². The van der Waals surface area contributed by atoms with Crippen molar-refractivity contribution in [2.75, 3.05) is 12.4 Å². The Kier molecular flexibility index (Phi) is 6.12. The van der Waals surface area contributed by atoms with Gasteiger partial charge in [0.25, 0.3) is 0 Å². The van der Waals surface area contributed by atoms with E-state index in [0.29, 0.717) is 18.0 Å². The zero-order chi connectivity index (χ0) is 20.2. The number of benzene rings is 2. The highest BCUT2D eigenvalue weighted by atomic mass is 32.2. The Morgan fingerprint density at radius 1 is 1.11 bits per heavy atom. The molecule has 0 aliphatic carbocycles. The van der Waals surface area contributed by atoms with E-state index in [1.807, 2.05) is 0 Å². The summed E-state index contributed by atoms with van der Waals surface area (Å²) in [7, 11) is -2.17. The van der Waals surface area contributed by atoms with Crippen molar-refractivity contribution < 1.29 is 23.1 Å². The van der Waals surface area contributed by atoms with E-state index in [2.05, 4.69) is 10.0 Å². The van der Waals surface area contributed by atoms with Crippen LogP contribution >= 0.6 is 0 Å². The number of nitrogens with one attached hydrogen (secondary N) is 2. The average molecular weight is 392 g/mol. The van der Waals surface area contributed by atoms with Gasteiger partial charge < -0.3 is 15.2 Å². The summed E-state index contributed by atoms with van der Waals surface area (Å²) in [4.78, 5) is 11.0. The molecule has 2 aromatic rings. The maximum atomic E-state index is 12.5. The predicted octanol–water partition coefficient (Wildman–Crippen LogP) is 3.08. The molecule has 0 saturated heterocycles. The second-order valence-corrected chi connectivity index (χ2v) is 8.76. The number of sulfonamides is 1. The molecule has 0 unspecified atom stereocenters. The molecule has 0 bridgehead atoms. The molecule has 2 aromatic carbocycles. The molecule has 8 heteroatoms. The van der Waals surface area contributed by atoms with Crippen LogP contribution in [-0.2, 0) is 16.6 Å². The summed E-state index contributed by atoms with van der Waals surface area (Å²) in [5.74, 6) is -0.479. The van der Waals surface area contributed by atoms with Gasteiger partial charge in [0.05, 0.1) is 23.3 Å². The molecule has 27 heavy (non-hydrogen) atoms. The van der Waals surface area contributed by atoms with Gasteiger partial charge in [0.1, 0.15) is 5.75 Å². The number of aromatic carboxylic acids is 1. The zero-order valence-electron chi connectivity index (χ0n) is 15.7. The Balaban J connectivity index is 2.24. The third-order valence-corrected chi connectivity index (χ3v) is 5.36. The third kappa shape index (κ3) is 5.70. The van der Waals surface area contributed by atoms with Crippen molar-refractivity contribution in [1.29, 1.82) is 0 Å². The minimum Gasteiger partial charge on any atom is -0.495 e. The van der Waals surface area contributed by atoms with Crippen LogP contribution in [0.3, 0.4) is 0 Å². The van der Waals surface area contributed by atoms with Gasteiger partial charge in [-0.1, -0.05) is 12.1 Å². The van der Waals surface area contributed by atoms with E-state index >= 15 is 0 Å². The Morgan fingerprint density at radius 3 is 2.26 bits per heavy atom. The fourth-order valence-electron chi connectivity index (χ4n) is 2.42. The van der Waals surface area contributed by atoms with Crippen LogP contribution < -0.4 is 14.8 Å².